The van der Waals surface area contributed by atoms with Crippen LogP contribution >= 0.6 is 23.2 Å². The molecule has 1 unspecified atom stereocenters. The zero-order valence-electron chi connectivity index (χ0n) is 18.2. The summed E-state index contributed by atoms with van der Waals surface area (Å²) in [6.45, 7) is 0. The molecule has 1 aliphatic heterocycles. The SMILES string of the molecule is COc1cc(N2NC(c3c(Cl)cccc3Cl)=NC2O)ccc1C(=O)Nc1cc(C(F)(F)F)ccc1F. The van der Waals surface area contributed by atoms with Crippen LogP contribution in [0.5, 0.6) is 5.75 Å². The van der Waals surface area contributed by atoms with Gasteiger partial charge in [-0.15, -0.1) is 0 Å². The standard InChI is InChI=1S/C23H16Cl2F4N4O3/c1-36-18-10-12(33-22(35)31-20(32-33)19-14(24)3-2-4-15(19)25)6-7-13(18)21(34)30-17-9-11(23(27,28)29)5-8-16(17)26/h2-10,22,35H,1H3,(H,30,34)(H,31,32). The Labute approximate surface area is 211 Å². The summed E-state index contributed by atoms with van der Waals surface area (Å²) in [6.07, 6.45) is -6.11. The van der Waals surface area contributed by atoms with Crippen LogP contribution in [0.25, 0.3) is 0 Å². The van der Waals surface area contributed by atoms with E-state index in [1.165, 1.54) is 30.3 Å². The molecule has 3 N–H and O–H groups in total. The molecule has 0 aliphatic carbocycles. The van der Waals surface area contributed by atoms with Gasteiger partial charge in [-0.2, -0.15) is 13.2 Å². The molecule has 188 valence electrons. The number of methoxy groups -OCH3 is 1. The summed E-state index contributed by atoms with van der Waals surface area (Å²) in [5.74, 6) is -1.76. The molecular formula is C23H16Cl2F4N4O3. The number of carbonyl (C=O) groups is 1. The Morgan fingerprint density at radius 3 is 2.47 bits per heavy atom. The third kappa shape index (κ3) is 5.03. The molecule has 7 nitrogen and oxygen atoms in total. The third-order valence-corrected chi connectivity index (χ3v) is 5.78. The number of aliphatic imine (C=N–C) groups is 1. The first-order chi connectivity index (χ1) is 17.0. The summed E-state index contributed by atoms with van der Waals surface area (Å²) in [5.41, 5.74) is 1.69. The van der Waals surface area contributed by atoms with Crippen LogP contribution in [-0.4, -0.2) is 30.3 Å². The molecule has 1 aliphatic rings. The van der Waals surface area contributed by atoms with Gasteiger partial charge in [-0.05, 0) is 42.5 Å². The van der Waals surface area contributed by atoms with Crippen molar-refractivity contribution >= 4 is 46.3 Å². The number of amidine groups is 1. The second-order valence-corrected chi connectivity index (χ2v) is 8.25. The molecule has 1 amide bonds. The highest BCUT2D eigenvalue weighted by atomic mass is 35.5. The molecular weight excluding hydrogens is 527 g/mol. The van der Waals surface area contributed by atoms with E-state index < -0.39 is 35.5 Å². The number of carbonyl (C=O) groups excluding carboxylic acids is 1. The van der Waals surface area contributed by atoms with E-state index in [1.807, 2.05) is 0 Å². The van der Waals surface area contributed by atoms with Crippen molar-refractivity contribution in [3.63, 3.8) is 0 Å². The van der Waals surface area contributed by atoms with Crippen molar-refractivity contribution in [1.82, 2.24) is 5.43 Å². The molecule has 0 saturated heterocycles. The van der Waals surface area contributed by atoms with E-state index in [2.05, 4.69) is 15.7 Å². The van der Waals surface area contributed by atoms with Crippen molar-refractivity contribution in [3.8, 4) is 5.75 Å². The van der Waals surface area contributed by atoms with Crippen molar-refractivity contribution in [2.75, 3.05) is 17.4 Å². The van der Waals surface area contributed by atoms with E-state index in [0.717, 1.165) is 0 Å². The second-order valence-electron chi connectivity index (χ2n) is 7.43. The molecule has 0 spiro atoms. The first-order valence-corrected chi connectivity index (χ1v) is 10.9. The highest BCUT2D eigenvalue weighted by Gasteiger charge is 2.32. The quantitative estimate of drug-likeness (QED) is 0.373. The number of anilines is 2. The summed E-state index contributed by atoms with van der Waals surface area (Å²) >= 11 is 12.4. The predicted molar refractivity (Wildman–Crippen MR) is 127 cm³/mol. The number of halogens is 6. The highest BCUT2D eigenvalue weighted by molar-refractivity contribution is 6.40. The smallest absolute Gasteiger partial charge is 0.416 e. The summed E-state index contributed by atoms with van der Waals surface area (Å²) in [5, 5.41) is 14.4. The maximum absolute atomic E-state index is 14.1. The Bertz CT molecular complexity index is 1350. The number of alkyl halides is 3. The van der Waals surface area contributed by atoms with E-state index in [0.29, 0.717) is 39.5 Å². The number of rotatable bonds is 5. The van der Waals surface area contributed by atoms with Crippen molar-refractivity contribution in [2.24, 2.45) is 4.99 Å². The summed E-state index contributed by atoms with van der Waals surface area (Å²) in [6, 6.07) is 10.6. The topological polar surface area (TPSA) is 86.2 Å². The number of hydrogen-bond donors (Lipinski definition) is 3. The number of hydrazine groups is 1. The fourth-order valence-electron chi connectivity index (χ4n) is 3.42. The number of ether oxygens (including phenoxy) is 1. The molecule has 0 radical (unpaired) electrons. The van der Waals surface area contributed by atoms with Gasteiger partial charge in [0.2, 0.25) is 6.35 Å². The Hall–Kier alpha value is -3.54. The molecule has 3 aromatic rings. The lowest BCUT2D eigenvalue weighted by atomic mass is 10.1. The van der Waals surface area contributed by atoms with Crippen LogP contribution in [0.3, 0.4) is 0 Å². The van der Waals surface area contributed by atoms with E-state index in [-0.39, 0.29) is 17.1 Å². The van der Waals surface area contributed by atoms with Gasteiger partial charge in [-0.1, -0.05) is 29.3 Å². The Morgan fingerprint density at radius 2 is 1.83 bits per heavy atom. The van der Waals surface area contributed by atoms with Gasteiger partial charge in [0.25, 0.3) is 5.91 Å². The zero-order chi connectivity index (χ0) is 26.2. The minimum Gasteiger partial charge on any atom is -0.496 e. The van der Waals surface area contributed by atoms with Gasteiger partial charge in [-0.25, -0.2) is 14.4 Å². The van der Waals surface area contributed by atoms with Crippen LogP contribution in [0.15, 0.2) is 59.6 Å². The van der Waals surface area contributed by atoms with E-state index in [9.17, 15) is 27.5 Å². The lowest BCUT2D eigenvalue weighted by Crippen LogP contribution is -2.41. The summed E-state index contributed by atoms with van der Waals surface area (Å²) in [7, 11) is 1.26. The van der Waals surface area contributed by atoms with E-state index in [4.69, 9.17) is 27.9 Å². The molecule has 0 aromatic heterocycles. The molecule has 0 saturated carbocycles. The molecule has 0 fully saturated rings. The number of hydrogen-bond acceptors (Lipinski definition) is 6. The van der Waals surface area contributed by atoms with E-state index >= 15 is 0 Å². The first kappa shape index (κ1) is 25.5. The maximum Gasteiger partial charge on any atom is 0.416 e. The second kappa shape index (κ2) is 9.84. The normalized spacial score (nSPS) is 15.4. The van der Waals surface area contributed by atoms with Crippen LogP contribution in [0.4, 0.5) is 28.9 Å². The lowest BCUT2D eigenvalue weighted by molar-refractivity contribution is -0.137. The monoisotopic (exact) mass is 542 g/mol. The van der Waals surface area contributed by atoms with Crippen molar-refractivity contribution in [3.05, 3.63) is 87.2 Å². The fraction of sp³-hybridized carbons (Fsp3) is 0.130. The average Bonchev–Trinajstić information content (AvgIpc) is 3.20. The van der Waals surface area contributed by atoms with E-state index in [1.54, 1.807) is 18.2 Å². The van der Waals surface area contributed by atoms with Gasteiger partial charge >= 0.3 is 6.18 Å². The van der Waals surface area contributed by atoms with Gasteiger partial charge in [-0.3, -0.25) is 10.2 Å². The van der Waals surface area contributed by atoms with Crippen LogP contribution in [0, 0.1) is 5.82 Å². The largest absolute Gasteiger partial charge is 0.496 e. The Balaban J connectivity index is 1.58. The van der Waals surface area contributed by atoms with Crippen molar-refractivity contribution < 1.29 is 32.2 Å². The zero-order valence-corrected chi connectivity index (χ0v) is 19.7. The minimum absolute atomic E-state index is 0.00406. The van der Waals surface area contributed by atoms with Gasteiger partial charge in [0, 0.05) is 6.07 Å². The first-order valence-electron chi connectivity index (χ1n) is 10.1. The highest BCUT2D eigenvalue weighted by Crippen LogP contribution is 2.33. The van der Waals surface area contributed by atoms with Crippen molar-refractivity contribution in [1.29, 1.82) is 0 Å². The number of nitrogens with zero attached hydrogens (tertiary/aromatic N) is 2. The fourth-order valence-corrected chi connectivity index (χ4v) is 4.00. The molecule has 1 atom stereocenters. The van der Waals surface area contributed by atoms with Crippen molar-refractivity contribution in [2.45, 2.75) is 12.5 Å². The Kier molecular flexibility index (Phi) is 6.98. The summed E-state index contributed by atoms with van der Waals surface area (Å²) in [4.78, 5) is 16.9. The van der Waals surface area contributed by atoms with Crippen LogP contribution in [0.2, 0.25) is 10.0 Å². The minimum atomic E-state index is -4.72. The molecule has 13 heteroatoms. The number of aliphatic hydroxyl groups is 1. The van der Waals surface area contributed by atoms with Crippen LogP contribution in [-0.2, 0) is 6.18 Å². The molecule has 4 rings (SSSR count). The maximum atomic E-state index is 14.1. The molecule has 36 heavy (non-hydrogen) atoms. The number of amides is 1. The molecule has 3 aromatic carbocycles. The van der Waals surface area contributed by atoms with Gasteiger partial charge in [0.05, 0.1) is 45.2 Å². The van der Waals surface area contributed by atoms with Crippen LogP contribution in [0.1, 0.15) is 21.5 Å². The number of aliphatic hydroxyl groups excluding tert-OH is 1. The Morgan fingerprint density at radius 1 is 1.14 bits per heavy atom. The average molecular weight is 543 g/mol. The van der Waals surface area contributed by atoms with Crippen LogP contribution < -0.4 is 20.5 Å². The summed E-state index contributed by atoms with van der Waals surface area (Å²) < 4.78 is 58.2. The number of nitrogens with one attached hydrogen (secondary N) is 2. The van der Waals surface area contributed by atoms with Gasteiger partial charge in [0.15, 0.2) is 5.84 Å². The van der Waals surface area contributed by atoms with Gasteiger partial charge < -0.3 is 15.2 Å². The third-order valence-electron chi connectivity index (χ3n) is 5.15. The lowest BCUT2D eigenvalue weighted by Gasteiger charge is -2.23. The molecule has 0 bridgehead atoms. The van der Waals surface area contributed by atoms with Gasteiger partial charge in [0.1, 0.15) is 11.6 Å². The number of benzene rings is 3. The predicted octanol–water partition coefficient (Wildman–Crippen LogP) is 5.46. The molecule has 1 heterocycles.